The second-order valence-corrected chi connectivity index (χ2v) is 6.68. The van der Waals surface area contributed by atoms with Crippen LogP contribution in [0.25, 0.3) is 0 Å². The summed E-state index contributed by atoms with van der Waals surface area (Å²) in [5.41, 5.74) is -0.0984. The molecule has 0 bridgehead atoms. The molecule has 1 saturated heterocycles. The summed E-state index contributed by atoms with van der Waals surface area (Å²) in [4.78, 5) is 0.178. The number of aliphatic hydroxyl groups is 1. The Hall–Kier alpha value is -0.960. The zero-order chi connectivity index (χ0) is 14.3. The first-order valence-corrected chi connectivity index (χ1v) is 7.53. The molecule has 0 aliphatic carbocycles. The van der Waals surface area contributed by atoms with Gasteiger partial charge in [-0.15, -0.1) is 0 Å². The van der Waals surface area contributed by atoms with Gasteiger partial charge in [-0.3, -0.25) is 4.68 Å². The first-order chi connectivity index (χ1) is 8.75. The molecule has 0 spiro atoms. The monoisotopic (exact) mass is 289 g/mol. The average molecular weight is 289 g/mol. The van der Waals surface area contributed by atoms with E-state index < -0.39 is 15.6 Å². The van der Waals surface area contributed by atoms with E-state index in [2.05, 4.69) is 9.82 Å². The van der Waals surface area contributed by atoms with Crippen LogP contribution in [0, 0.1) is 13.8 Å². The summed E-state index contributed by atoms with van der Waals surface area (Å²) < 4.78 is 33.6. The Balaban J connectivity index is 2.19. The van der Waals surface area contributed by atoms with E-state index in [9.17, 15) is 13.5 Å². The molecule has 2 rings (SSSR count). The summed E-state index contributed by atoms with van der Waals surface area (Å²) in [6, 6.07) is 0. The molecule has 2 N–H and O–H groups in total. The van der Waals surface area contributed by atoms with Crippen LogP contribution in [0.5, 0.6) is 0 Å². The standard InChI is InChI=1S/C11H19N3O4S/c1-8-10(9(2)14(3)13-8)19(16,17)12-6-11(15)4-5-18-7-11/h12,15H,4-7H2,1-3H3. The molecule has 1 aliphatic rings. The van der Waals surface area contributed by atoms with Gasteiger partial charge in [0.15, 0.2) is 0 Å². The van der Waals surface area contributed by atoms with Crippen molar-refractivity contribution in [3.63, 3.8) is 0 Å². The molecule has 1 aromatic heterocycles. The summed E-state index contributed by atoms with van der Waals surface area (Å²) in [6.45, 7) is 3.89. The maximum Gasteiger partial charge on any atom is 0.244 e. The van der Waals surface area contributed by atoms with Crippen molar-refractivity contribution in [2.24, 2.45) is 7.05 Å². The third-order valence-corrected chi connectivity index (χ3v) is 5.04. The van der Waals surface area contributed by atoms with Crippen LogP contribution in [-0.4, -0.2) is 48.7 Å². The molecule has 108 valence electrons. The molecule has 1 aromatic rings. The van der Waals surface area contributed by atoms with Gasteiger partial charge in [-0.2, -0.15) is 5.10 Å². The SMILES string of the molecule is Cc1nn(C)c(C)c1S(=O)(=O)NCC1(O)CCOC1. The number of aromatic nitrogens is 2. The second kappa shape index (κ2) is 4.86. The fraction of sp³-hybridized carbons (Fsp3) is 0.727. The van der Waals surface area contributed by atoms with E-state index in [4.69, 9.17) is 4.74 Å². The van der Waals surface area contributed by atoms with E-state index in [1.165, 1.54) is 4.68 Å². The van der Waals surface area contributed by atoms with Gasteiger partial charge in [0.05, 0.1) is 18.0 Å². The van der Waals surface area contributed by atoms with Gasteiger partial charge in [0.2, 0.25) is 10.0 Å². The van der Waals surface area contributed by atoms with E-state index in [0.29, 0.717) is 24.4 Å². The van der Waals surface area contributed by atoms with Gasteiger partial charge in [0.1, 0.15) is 10.5 Å². The topological polar surface area (TPSA) is 93.5 Å². The molecule has 1 fully saturated rings. The Morgan fingerprint density at radius 3 is 2.68 bits per heavy atom. The molecule has 7 nitrogen and oxygen atoms in total. The minimum Gasteiger partial charge on any atom is -0.386 e. The molecule has 0 saturated carbocycles. The zero-order valence-electron chi connectivity index (χ0n) is 11.3. The molecule has 1 atom stereocenters. The summed E-state index contributed by atoms with van der Waals surface area (Å²) in [6.07, 6.45) is 0.431. The third kappa shape index (κ3) is 2.81. The highest BCUT2D eigenvalue weighted by molar-refractivity contribution is 7.89. The normalized spacial score (nSPS) is 24.0. The predicted octanol–water partition coefficient (Wildman–Crippen LogP) is -0.533. The minimum atomic E-state index is -3.68. The fourth-order valence-corrected chi connectivity index (χ4v) is 3.73. The zero-order valence-corrected chi connectivity index (χ0v) is 12.1. The number of nitrogens with one attached hydrogen (secondary N) is 1. The van der Waals surface area contributed by atoms with Gasteiger partial charge in [-0.25, -0.2) is 13.1 Å². The number of hydrogen-bond acceptors (Lipinski definition) is 5. The lowest BCUT2D eigenvalue weighted by atomic mass is 10.1. The number of aryl methyl sites for hydroxylation is 2. The van der Waals surface area contributed by atoms with E-state index in [1.807, 2.05) is 0 Å². The smallest absolute Gasteiger partial charge is 0.244 e. The van der Waals surface area contributed by atoms with Crippen LogP contribution >= 0.6 is 0 Å². The highest BCUT2D eigenvalue weighted by Gasteiger charge is 2.34. The number of rotatable bonds is 4. The first-order valence-electron chi connectivity index (χ1n) is 6.05. The molecule has 0 radical (unpaired) electrons. The average Bonchev–Trinajstić information content (AvgIpc) is 2.83. The van der Waals surface area contributed by atoms with Crippen molar-refractivity contribution < 1.29 is 18.3 Å². The molecular formula is C11H19N3O4S. The number of ether oxygens (including phenoxy) is 1. The van der Waals surface area contributed by atoms with E-state index >= 15 is 0 Å². The summed E-state index contributed by atoms with van der Waals surface area (Å²) >= 11 is 0. The van der Waals surface area contributed by atoms with Crippen LogP contribution in [0.3, 0.4) is 0 Å². The van der Waals surface area contributed by atoms with Gasteiger partial charge in [0.25, 0.3) is 0 Å². The molecule has 2 heterocycles. The Morgan fingerprint density at radius 1 is 1.53 bits per heavy atom. The van der Waals surface area contributed by atoms with Crippen molar-refractivity contribution in [3.8, 4) is 0 Å². The van der Waals surface area contributed by atoms with Crippen LogP contribution in [0.2, 0.25) is 0 Å². The maximum absolute atomic E-state index is 12.3. The number of sulfonamides is 1. The van der Waals surface area contributed by atoms with Crippen LogP contribution in [-0.2, 0) is 21.8 Å². The van der Waals surface area contributed by atoms with E-state index in [1.54, 1.807) is 20.9 Å². The quantitative estimate of drug-likeness (QED) is 0.777. The van der Waals surface area contributed by atoms with Gasteiger partial charge < -0.3 is 9.84 Å². The third-order valence-electron chi connectivity index (χ3n) is 3.39. The molecule has 1 aliphatic heterocycles. The van der Waals surface area contributed by atoms with Crippen molar-refractivity contribution in [2.75, 3.05) is 19.8 Å². The summed E-state index contributed by atoms with van der Waals surface area (Å²) in [5, 5.41) is 14.2. The van der Waals surface area contributed by atoms with Crippen molar-refractivity contribution in [1.29, 1.82) is 0 Å². The lowest BCUT2D eigenvalue weighted by Crippen LogP contribution is -2.43. The van der Waals surface area contributed by atoms with Crippen molar-refractivity contribution in [3.05, 3.63) is 11.4 Å². The van der Waals surface area contributed by atoms with Crippen molar-refractivity contribution in [1.82, 2.24) is 14.5 Å². The van der Waals surface area contributed by atoms with Gasteiger partial charge >= 0.3 is 0 Å². The number of nitrogens with zero attached hydrogens (tertiary/aromatic N) is 2. The Kier molecular flexibility index (Phi) is 3.69. The first kappa shape index (κ1) is 14.4. The van der Waals surface area contributed by atoms with Gasteiger partial charge in [-0.1, -0.05) is 0 Å². The summed E-state index contributed by atoms with van der Waals surface area (Å²) in [7, 11) is -1.98. The largest absolute Gasteiger partial charge is 0.386 e. The molecule has 0 aromatic carbocycles. The Bertz CT molecular complexity index is 573. The molecule has 19 heavy (non-hydrogen) atoms. The molecule has 0 amide bonds. The van der Waals surface area contributed by atoms with Crippen molar-refractivity contribution in [2.45, 2.75) is 30.8 Å². The Labute approximate surface area is 112 Å². The lowest BCUT2D eigenvalue weighted by molar-refractivity contribution is 0.0314. The molecule has 1 unspecified atom stereocenters. The van der Waals surface area contributed by atoms with Gasteiger partial charge in [0, 0.05) is 26.6 Å². The fourth-order valence-electron chi connectivity index (χ4n) is 2.18. The van der Waals surface area contributed by atoms with Crippen LogP contribution in [0.1, 0.15) is 17.8 Å². The highest BCUT2D eigenvalue weighted by atomic mass is 32.2. The predicted molar refractivity (Wildman–Crippen MR) is 68.3 cm³/mol. The van der Waals surface area contributed by atoms with E-state index in [-0.39, 0.29) is 18.0 Å². The van der Waals surface area contributed by atoms with Crippen LogP contribution in [0.4, 0.5) is 0 Å². The van der Waals surface area contributed by atoms with Gasteiger partial charge in [-0.05, 0) is 13.8 Å². The van der Waals surface area contributed by atoms with Crippen LogP contribution in [0.15, 0.2) is 4.90 Å². The number of hydrogen-bond donors (Lipinski definition) is 2. The highest BCUT2D eigenvalue weighted by Crippen LogP contribution is 2.21. The van der Waals surface area contributed by atoms with E-state index in [0.717, 1.165) is 0 Å². The second-order valence-electron chi connectivity index (χ2n) is 4.98. The summed E-state index contributed by atoms with van der Waals surface area (Å²) in [5.74, 6) is 0. The molecular weight excluding hydrogens is 270 g/mol. The Morgan fingerprint density at radius 2 is 2.21 bits per heavy atom. The lowest BCUT2D eigenvalue weighted by Gasteiger charge is -2.20. The maximum atomic E-state index is 12.3. The van der Waals surface area contributed by atoms with Crippen LogP contribution < -0.4 is 4.72 Å². The molecule has 8 heteroatoms. The minimum absolute atomic E-state index is 0.0525. The van der Waals surface area contributed by atoms with Crippen molar-refractivity contribution >= 4 is 10.0 Å².